The van der Waals surface area contributed by atoms with E-state index >= 15 is 0 Å². The van der Waals surface area contributed by atoms with E-state index in [1.54, 1.807) is 23.5 Å². The van der Waals surface area contributed by atoms with Gasteiger partial charge in [0.1, 0.15) is 12.6 Å². The molecule has 0 radical (unpaired) electrons. The Morgan fingerprint density at radius 3 is 1.60 bits per heavy atom. The Morgan fingerprint density at radius 2 is 1.30 bits per heavy atom. The molecule has 0 heterocycles. The van der Waals surface area contributed by atoms with Gasteiger partial charge >= 0.3 is 0 Å². The van der Waals surface area contributed by atoms with Crippen LogP contribution in [0.5, 0.6) is 0 Å². The van der Waals surface area contributed by atoms with Gasteiger partial charge in [-0.1, -0.05) is 0 Å². The summed E-state index contributed by atoms with van der Waals surface area (Å²) >= 11 is 3.20. The number of hydrogen-bond donors (Lipinski definition) is 0. The summed E-state index contributed by atoms with van der Waals surface area (Å²) in [6.07, 6.45) is 1.80. The highest BCUT2D eigenvalue weighted by Gasteiger charge is 1.87. The second-order valence-electron chi connectivity index (χ2n) is 1.48. The summed E-state index contributed by atoms with van der Waals surface area (Å²) < 4.78 is 0. The van der Waals surface area contributed by atoms with Gasteiger partial charge in [-0.2, -0.15) is 23.5 Å². The quantitative estimate of drug-likeness (QED) is 0.427. The van der Waals surface area contributed by atoms with Gasteiger partial charge in [-0.3, -0.25) is 0 Å². The zero-order chi connectivity index (χ0) is 7.66. The maximum atomic E-state index is 9.81. The molecule has 0 aromatic heterocycles. The van der Waals surface area contributed by atoms with Gasteiger partial charge in [-0.25, -0.2) is 0 Å². The van der Waals surface area contributed by atoms with E-state index in [1.165, 1.54) is 0 Å². The van der Waals surface area contributed by atoms with Crippen LogP contribution in [0.1, 0.15) is 0 Å². The Hall–Kier alpha value is 0.0400. The summed E-state index contributed by atoms with van der Waals surface area (Å²) in [5.41, 5.74) is 0. The molecule has 0 fully saturated rings. The summed E-state index contributed by atoms with van der Waals surface area (Å²) in [6, 6.07) is 0. The van der Waals surface area contributed by atoms with Crippen LogP contribution in [0, 0.1) is 0 Å². The lowest BCUT2D eigenvalue weighted by atomic mass is 10.9. The molecule has 10 heavy (non-hydrogen) atoms. The largest absolute Gasteiger partial charge is 0.302 e. The Labute approximate surface area is 69.1 Å². The van der Waals surface area contributed by atoms with Gasteiger partial charge in [0, 0.05) is 23.0 Å². The number of aldehydes is 2. The summed E-state index contributed by atoms with van der Waals surface area (Å²) in [4.78, 5) is 19.6. The highest BCUT2D eigenvalue weighted by atomic mass is 32.2. The SMILES string of the molecule is O=CCSCCSCC=O. The molecule has 4 heteroatoms. The molecule has 0 spiro atoms. The molecule has 0 N–H and O–H groups in total. The van der Waals surface area contributed by atoms with Crippen molar-refractivity contribution in [3.63, 3.8) is 0 Å². The monoisotopic (exact) mass is 178 g/mol. The number of hydrogen-bond acceptors (Lipinski definition) is 4. The fraction of sp³-hybridized carbons (Fsp3) is 0.667. The molecule has 2 nitrogen and oxygen atoms in total. The maximum Gasteiger partial charge on any atom is 0.129 e. The van der Waals surface area contributed by atoms with Crippen LogP contribution in [0.25, 0.3) is 0 Å². The van der Waals surface area contributed by atoms with Crippen LogP contribution < -0.4 is 0 Å². The van der Waals surface area contributed by atoms with Crippen LogP contribution in [-0.4, -0.2) is 35.6 Å². The van der Waals surface area contributed by atoms with E-state index in [0.717, 1.165) is 24.1 Å². The lowest BCUT2D eigenvalue weighted by Gasteiger charge is -1.93. The van der Waals surface area contributed by atoms with Crippen LogP contribution in [0.3, 0.4) is 0 Å². The van der Waals surface area contributed by atoms with Gasteiger partial charge in [0.05, 0.1) is 0 Å². The molecular formula is C6H10O2S2. The van der Waals surface area contributed by atoms with Crippen LogP contribution >= 0.6 is 23.5 Å². The van der Waals surface area contributed by atoms with Gasteiger partial charge in [0.15, 0.2) is 0 Å². The number of carbonyl (C=O) groups is 2. The van der Waals surface area contributed by atoms with Gasteiger partial charge in [0.2, 0.25) is 0 Å². The first-order chi connectivity index (χ1) is 4.91. The first kappa shape index (κ1) is 10.0. The normalized spacial score (nSPS) is 9.20. The van der Waals surface area contributed by atoms with Crippen LogP contribution in [-0.2, 0) is 9.59 Å². The molecule has 0 unspecified atom stereocenters. The number of carbonyl (C=O) groups excluding carboxylic acids is 2. The Balaban J connectivity index is 2.76. The average Bonchev–Trinajstić information content (AvgIpc) is 1.97. The van der Waals surface area contributed by atoms with E-state index in [9.17, 15) is 9.59 Å². The molecule has 58 valence electrons. The number of rotatable bonds is 7. The number of thioether (sulfide) groups is 2. The second kappa shape index (κ2) is 9.04. The van der Waals surface area contributed by atoms with E-state index in [2.05, 4.69) is 0 Å². The summed E-state index contributed by atoms with van der Waals surface area (Å²) in [7, 11) is 0. The smallest absolute Gasteiger partial charge is 0.129 e. The summed E-state index contributed by atoms with van der Waals surface area (Å²) in [6.45, 7) is 0. The topological polar surface area (TPSA) is 34.1 Å². The Bertz CT molecular complexity index is 83.7. The molecule has 0 atom stereocenters. The van der Waals surface area contributed by atoms with E-state index in [-0.39, 0.29) is 0 Å². The van der Waals surface area contributed by atoms with Gasteiger partial charge in [-0.15, -0.1) is 0 Å². The predicted molar refractivity (Wildman–Crippen MR) is 46.8 cm³/mol. The Kier molecular flexibility index (Phi) is 9.08. The standard InChI is InChI=1S/C6H10O2S2/c7-1-3-9-5-6-10-4-2-8/h1-2H,3-6H2. The van der Waals surface area contributed by atoms with Crippen molar-refractivity contribution in [1.29, 1.82) is 0 Å². The van der Waals surface area contributed by atoms with E-state index < -0.39 is 0 Å². The lowest BCUT2D eigenvalue weighted by molar-refractivity contribution is -0.106. The molecule has 0 aliphatic heterocycles. The maximum absolute atomic E-state index is 9.81. The molecule has 0 aromatic carbocycles. The molecule has 0 saturated heterocycles. The zero-order valence-corrected chi connectivity index (χ0v) is 7.25. The minimum absolute atomic E-state index is 0.571. The third kappa shape index (κ3) is 8.04. The van der Waals surface area contributed by atoms with E-state index in [4.69, 9.17) is 0 Å². The van der Waals surface area contributed by atoms with Gasteiger partial charge < -0.3 is 9.59 Å². The Morgan fingerprint density at radius 1 is 0.900 bits per heavy atom. The molecule has 0 amide bonds. The van der Waals surface area contributed by atoms with E-state index in [0.29, 0.717) is 11.5 Å². The zero-order valence-electron chi connectivity index (χ0n) is 5.62. The minimum Gasteiger partial charge on any atom is -0.302 e. The van der Waals surface area contributed by atoms with Crippen molar-refractivity contribution in [2.24, 2.45) is 0 Å². The minimum atomic E-state index is 0.571. The summed E-state index contributed by atoms with van der Waals surface area (Å²) in [5.74, 6) is 3.05. The van der Waals surface area contributed by atoms with Crippen molar-refractivity contribution in [1.82, 2.24) is 0 Å². The van der Waals surface area contributed by atoms with Crippen LogP contribution in [0.2, 0.25) is 0 Å². The van der Waals surface area contributed by atoms with Crippen molar-refractivity contribution >= 4 is 36.1 Å². The molecule has 0 saturated carbocycles. The van der Waals surface area contributed by atoms with Crippen molar-refractivity contribution in [2.45, 2.75) is 0 Å². The molecule has 0 bridgehead atoms. The molecule has 0 aliphatic rings. The first-order valence-electron chi connectivity index (χ1n) is 2.94. The average molecular weight is 178 g/mol. The summed E-state index contributed by atoms with van der Waals surface area (Å²) in [5, 5.41) is 0. The van der Waals surface area contributed by atoms with Crippen molar-refractivity contribution in [3.05, 3.63) is 0 Å². The fourth-order valence-corrected chi connectivity index (χ4v) is 1.85. The van der Waals surface area contributed by atoms with Crippen molar-refractivity contribution in [3.8, 4) is 0 Å². The van der Waals surface area contributed by atoms with Crippen LogP contribution in [0.15, 0.2) is 0 Å². The van der Waals surface area contributed by atoms with Gasteiger partial charge in [-0.05, 0) is 0 Å². The lowest BCUT2D eigenvalue weighted by Crippen LogP contribution is -1.89. The third-order valence-electron chi connectivity index (χ3n) is 0.744. The highest BCUT2D eigenvalue weighted by molar-refractivity contribution is 8.03. The first-order valence-corrected chi connectivity index (χ1v) is 5.25. The van der Waals surface area contributed by atoms with Crippen molar-refractivity contribution < 1.29 is 9.59 Å². The fourth-order valence-electron chi connectivity index (χ4n) is 0.381. The van der Waals surface area contributed by atoms with E-state index in [1.807, 2.05) is 0 Å². The molecule has 0 aliphatic carbocycles. The van der Waals surface area contributed by atoms with Crippen LogP contribution in [0.4, 0.5) is 0 Å². The highest BCUT2D eigenvalue weighted by Crippen LogP contribution is 2.03. The third-order valence-corrected chi connectivity index (χ3v) is 2.73. The van der Waals surface area contributed by atoms with Crippen molar-refractivity contribution in [2.75, 3.05) is 23.0 Å². The predicted octanol–water partition coefficient (Wildman–Crippen LogP) is 0.851. The molecule has 0 aromatic rings. The second-order valence-corrected chi connectivity index (χ2v) is 3.78. The molecule has 0 rings (SSSR count). The molecular weight excluding hydrogens is 168 g/mol. The van der Waals surface area contributed by atoms with Gasteiger partial charge in [0.25, 0.3) is 0 Å².